The van der Waals surface area contributed by atoms with E-state index in [-0.39, 0.29) is 11.8 Å². The smallest absolute Gasteiger partial charge is 0.245 e. The molecule has 1 saturated heterocycles. The molecule has 9 heteroatoms. The summed E-state index contributed by atoms with van der Waals surface area (Å²) in [7, 11) is 0. The molecule has 1 rings (SSSR count). The lowest BCUT2D eigenvalue weighted by Gasteiger charge is -2.28. The third kappa shape index (κ3) is 6.89. The van der Waals surface area contributed by atoms with Crippen LogP contribution in [-0.2, 0) is 14.4 Å². The number of hydrogen-bond acceptors (Lipinski definition) is 6. The van der Waals surface area contributed by atoms with Gasteiger partial charge in [0.05, 0.1) is 6.04 Å². The van der Waals surface area contributed by atoms with E-state index in [0.29, 0.717) is 45.3 Å². The molecule has 0 aromatic heterocycles. The van der Waals surface area contributed by atoms with E-state index in [4.69, 9.17) is 22.9 Å². The number of amides is 3. The maximum atomic E-state index is 12.9. The quantitative estimate of drug-likeness (QED) is 0.263. The second-order valence-corrected chi connectivity index (χ2v) is 6.83. The number of hydrogen-bond donors (Lipinski definition) is 5. The molecule has 1 aliphatic rings. The van der Waals surface area contributed by atoms with Gasteiger partial charge in [0.2, 0.25) is 17.7 Å². The summed E-state index contributed by atoms with van der Waals surface area (Å²) in [6.45, 7) is 1.54. The lowest BCUT2D eigenvalue weighted by Crippen LogP contribution is -2.55. The van der Waals surface area contributed by atoms with Crippen LogP contribution in [0.4, 0.5) is 0 Å². The minimum Gasteiger partial charge on any atom is -0.368 e. The number of primary amides is 1. The van der Waals surface area contributed by atoms with Crippen molar-refractivity contribution < 1.29 is 14.4 Å². The molecule has 0 spiro atoms. The molecule has 1 aliphatic heterocycles. The van der Waals surface area contributed by atoms with Crippen molar-refractivity contribution in [1.29, 1.82) is 0 Å². The van der Waals surface area contributed by atoms with Crippen LogP contribution in [0.3, 0.4) is 0 Å². The van der Waals surface area contributed by atoms with Crippen LogP contribution >= 0.6 is 0 Å². The number of unbranched alkanes of at least 4 members (excludes halogenated alkanes) is 2. The third-order valence-electron chi connectivity index (χ3n) is 4.73. The average molecular weight is 370 g/mol. The third-order valence-corrected chi connectivity index (χ3v) is 4.73. The predicted octanol–water partition coefficient (Wildman–Crippen LogP) is -1.47. The van der Waals surface area contributed by atoms with Gasteiger partial charge in [0.25, 0.3) is 0 Å². The number of likely N-dealkylation sites (tertiary alicyclic amines) is 1. The van der Waals surface area contributed by atoms with E-state index in [0.717, 1.165) is 25.7 Å². The van der Waals surface area contributed by atoms with Crippen LogP contribution in [0.25, 0.3) is 0 Å². The first-order valence-corrected chi connectivity index (χ1v) is 9.48. The van der Waals surface area contributed by atoms with Crippen molar-refractivity contribution in [2.45, 2.75) is 69.5 Å². The first-order chi connectivity index (χ1) is 12.4. The normalized spacial score (nSPS) is 19.2. The highest BCUT2D eigenvalue weighted by atomic mass is 16.2. The van der Waals surface area contributed by atoms with Crippen LogP contribution in [-0.4, -0.2) is 60.4 Å². The minimum absolute atomic E-state index is 0.272. The first-order valence-electron chi connectivity index (χ1n) is 9.48. The maximum absolute atomic E-state index is 12.9. The van der Waals surface area contributed by atoms with Gasteiger partial charge in [0.1, 0.15) is 12.1 Å². The Bertz CT molecular complexity index is 473. The fourth-order valence-corrected chi connectivity index (χ4v) is 3.20. The summed E-state index contributed by atoms with van der Waals surface area (Å²) in [5.41, 5.74) is 22.3. The zero-order valence-electron chi connectivity index (χ0n) is 15.5. The molecular weight excluding hydrogens is 336 g/mol. The van der Waals surface area contributed by atoms with E-state index in [2.05, 4.69) is 5.32 Å². The highest BCUT2D eigenvalue weighted by molar-refractivity contribution is 5.93. The molecule has 1 heterocycles. The van der Waals surface area contributed by atoms with Crippen molar-refractivity contribution in [3.63, 3.8) is 0 Å². The molecule has 0 aromatic carbocycles. The Kier molecular flexibility index (Phi) is 10.2. The van der Waals surface area contributed by atoms with Gasteiger partial charge in [-0.2, -0.15) is 0 Å². The van der Waals surface area contributed by atoms with Gasteiger partial charge in [-0.15, -0.1) is 0 Å². The first kappa shape index (κ1) is 22.3. The number of carbonyl (C=O) groups is 3. The van der Waals surface area contributed by atoms with Crippen molar-refractivity contribution >= 4 is 17.7 Å². The lowest BCUT2D eigenvalue weighted by molar-refractivity contribution is -0.141. The van der Waals surface area contributed by atoms with E-state index in [1.807, 2.05) is 0 Å². The second kappa shape index (κ2) is 11.8. The van der Waals surface area contributed by atoms with Crippen molar-refractivity contribution in [2.24, 2.45) is 22.9 Å². The lowest BCUT2D eigenvalue weighted by atomic mass is 10.0. The van der Waals surface area contributed by atoms with E-state index in [1.165, 1.54) is 4.90 Å². The highest BCUT2D eigenvalue weighted by Gasteiger charge is 2.36. The molecule has 0 aliphatic carbocycles. The maximum Gasteiger partial charge on any atom is 0.245 e. The molecule has 0 unspecified atom stereocenters. The van der Waals surface area contributed by atoms with Gasteiger partial charge in [-0.3, -0.25) is 14.4 Å². The van der Waals surface area contributed by atoms with E-state index < -0.39 is 24.0 Å². The van der Waals surface area contributed by atoms with Crippen LogP contribution < -0.4 is 28.3 Å². The van der Waals surface area contributed by atoms with E-state index in [9.17, 15) is 14.4 Å². The van der Waals surface area contributed by atoms with Gasteiger partial charge in [0.15, 0.2) is 0 Å². The fraction of sp³-hybridized carbons (Fsp3) is 0.824. The van der Waals surface area contributed by atoms with Gasteiger partial charge in [-0.05, 0) is 58.0 Å². The molecule has 26 heavy (non-hydrogen) atoms. The predicted molar refractivity (Wildman–Crippen MR) is 99.6 cm³/mol. The number of nitrogens with zero attached hydrogens (tertiary/aromatic N) is 1. The molecule has 0 radical (unpaired) electrons. The number of nitrogens with one attached hydrogen (secondary N) is 1. The van der Waals surface area contributed by atoms with Crippen molar-refractivity contribution in [3.8, 4) is 0 Å². The summed E-state index contributed by atoms with van der Waals surface area (Å²) in [6, 6.07) is -2.00. The van der Waals surface area contributed by atoms with Crippen LogP contribution in [0.2, 0.25) is 0 Å². The number of carbonyl (C=O) groups excluding carboxylic acids is 3. The Hall–Kier alpha value is -1.71. The van der Waals surface area contributed by atoms with Gasteiger partial charge >= 0.3 is 0 Å². The van der Waals surface area contributed by atoms with Crippen LogP contribution in [0.1, 0.15) is 51.4 Å². The Morgan fingerprint density at radius 1 is 1.04 bits per heavy atom. The second-order valence-electron chi connectivity index (χ2n) is 6.83. The Morgan fingerprint density at radius 3 is 2.23 bits per heavy atom. The zero-order chi connectivity index (χ0) is 19.5. The Labute approximate surface area is 155 Å². The summed E-state index contributed by atoms with van der Waals surface area (Å²) in [5.74, 6) is -1.14. The summed E-state index contributed by atoms with van der Waals surface area (Å²) in [6.07, 6.45) is 5.26. The van der Waals surface area contributed by atoms with Gasteiger partial charge < -0.3 is 33.2 Å². The molecule has 1 fully saturated rings. The minimum atomic E-state index is -0.713. The number of rotatable bonds is 12. The summed E-state index contributed by atoms with van der Waals surface area (Å²) in [5, 5.41) is 2.76. The molecule has 150 valence electrons. The van der Waals surface area contributed by atoms with E-state index >= 15 is 0 Å². The highest BCUT2D eigenvalue weighted by Crippen LogP contribution is 2.19. The topological polar surface area (TPSA) is 171 Å². The molecule has 0 saturated carbocycles. The summed E-state index contributed by atoms with van der Waals surface area (Å²) >= 11 is 0. The fourth-order valence-electron chi connectivity index (χ4n) is 3.20. The molecule has 0 aromatic rings. The summed E-state index contributed by atoms with van der Waals surface area (Å²) < 4.78 is 0. The SMILES string of the molecule is NCCCC[C@H](NC(=O)[C@@H](N)CCCCN)C(=O)N1CCC[C@H]1C(N)=O. The van der Waals surface area contributed by atoms with Gasteiger partial charge in [-0.1, -0.05) is 6.42 Å². The van der Waals surface area contributed by atoms with Crippen molar-refractivity contribution in [1.82, 2.24) is 10.2 Å². The Morgan fingerprint density at radius 2 is 1.65 bits per heavy atom. The van der Waals surface area contributed by atoms with Crippen LogP contribution in [0, 0.1) is 0 Å². The van der Waals surface area contributed by atoms with Crippen LogP contribution in [0.15, 0.2) is 0 Å². The van der Waals surface area contributed by atoms with Crippen LogP contribution in [0.5, 0.6) is 0 Å². The van der Waals surface area contributed by atoms with Gasteiger partial charge in [-0.25, -0.2) is 0 Å². The molecular formula is C17H34N6O3. The molecule has 0 bridgehead atoms. The monoisotopic (exact) mass is 370 g/mol. The molecule has 3 amide bonds. The largest absolute Gasteiger partial charge is 0.368 e. The molecule has 3 atom stereocenters. The van der Waals surface area contributed by atoms with Crippen molar-refractivity contribution in [2.75, 3.05) is 19.6 Å². The van der Waals surface area contributed by atoms with Crippen molar-refractivity contribution in [3.05, 3.63) is 0 Å². The molecule has 9 N–H and O–H groups in total. The Balaban J connectivity index is 2.72. The van der Waals surface area contributed by atoms with E-state index in [1.54, 1.807) is 0 Å². The zero-order valence-corrected chi connectivity index (χ0v) is 15.5. The van der Waals surface area contributed by atoms with Gasteiger partial charge in [0, 0.05) is 6.54 Å². The standard InChI is InChI=1S/C17H34N6O3/c18-9-3-1-6-12(20)16(25)22-13(7-2-4-10-19)17(26)23-11-5-8-14(23)15(21)24/h12-14H,1-11,18-20H2,(H2,21,24)(H,22,25)/t12-,13-,14-/m0/s1. The number of nitrogens with two attached hydrogens (primary N) is 4. The molecule has 9 nitrogen and oxygen atoms in total. The summed E-state index contributed by atoms with van der Waals surface area (Å²) in [4.78, 5) is 38.3. The average Bonchev–Trinajstić information content (AvgIpc) is 3.10.